The summed E-state index contributed by atoms with van der Waals surface area (Å²) in [4.78, 5) is 7.40. The van der Waals surface area contributed by atoms with Crippen LogP contribution in [0.4, 0.5) is 4.39 Å². The number of rotatable bonds is 1. The minimum absolute atomic E-state index is 0.0617. The van der Waals surface area contributed by atoms with Gasteiger partial charge in [0.15, 0.2) is 0 Å². The molecule has 1 aromatic heterocycles. The van der Waals surface area contributed by atoms with Crippen LogP contribution in [0.1, 0.15) is 0 Å². The fourth-order valence-corrected chi connectivity index (χ4v) is 2.13. The van der Waals surface area contributed by atoms with Crippen LogP contribution in [0.3, 0.4) is 0 Å². The maximum absolute atomic E-state index is 13.3. The fraction of sp³-hybridized carbons (Fsp3) is 0. The number of hydrogen-bond acceptors (Lipinski definition) is 1. The first kappa shape index (κ1) is 11.5. The average molecular weight is 281 g/mol. The molecule has 0 saturated heterocycles. The third kappa shape index (κ3) is 1.96. The summed E-state index contributed by atoms with van der Waals surface area (Å²) < 4.78 is 13.3. The largest absolute Gasteiger partial charge is 0.338 e. The number of benzene rings is 2. The molecular weight excluding hydrogens is 274 g/mol. The summed E-state index contributed by atoms with van der Waals surface area (Å²) in [7, 11) is 0. The number of imidazole rings is 1. The molecule has 0 unspecified atom stereocenters. The zero-order valence-corrected chi connectivity index (χ0v) is 10.6. The summed E-state index contributed by atoms with van der Waals surface area (Å²) >= 11 is 11.6. The Labute approximate surface area is 112 Å². The molecule has 2 aromatic carbocycles. The molecule has 0 atom stereocenters. The maximum atomic E-state index is 13.3. The number of H-pyrrole nitrogens is 1. The summed E-state index contributed by atoms with van der Waals surface area (Å²) in [5, 5.41) is 0.684. The van der Waals surface area contributed by atoms with E-state index in [0.717, 1.165) is 5.56 Å². The number of fused-ring (bicyclic) bond motifs is 1. The molecule has 5 heteroatoms. The van der Waals surface area contributed by atoms with Crippen LogP contribution in [0.5, 0.6) is 0 Å². The minimum atomic E-state index is -0.467. The first-order valence-electron chi connectivity index (χ1n) is 5.24. The molecule has 90 valence electrons. The summed E-state index contributed by atoms with van der Waals surface area (Å²) in [6.07, 6.45) is 0. The molecule has 0 radical (unpaired) electrons. The van der Waals surface area contributed by atoms with Crippen LogP contribution in [0.25, 0.3) is 22.4 Å². The van der Waals surface area contributed by atoms with E-state index in [1.165, 1.54) is 12.1 Å². The van der Waals surface area contributed by atoms with E-state index >= 15 is 0 Å². The lowest BCUT2D eigenvalue weighted by atomic mass is 10.2. The van der Waals surface area contributed by atoms with Gasteiger partial charge in [-0.3, -0.25) is 0 Å². The van der Waals surface area contributed by atoms with Crippen molar-refractivity contribution in [2.45, 2.75) is 0 Å². The number of halogens is 3. The molecule has 0 saturated carbocycles. The van der Waals surface area contributed by atoms with E-state index in [-0.39, 0.29) is 5.02 Å². The van der Waals surface area contributed by atoms with Gasteiger partial charge in [-0.25, -0.2) is 9.37 Å². The second-order valence-corrected chi connectivity index (χ2v) is 4.72. The monoisotopic (exact) mass is 280 g/mol. The van der Waals surface area contributed by atoms with Crippen molar-refractivity contribution in [2.75, 3.05) is 0 Å². The Bertz CT molecular complexity index is 698. The van der Waals surface area contributed by atoms with Gasteiger partial charge in [-0.15, -0.1) is 0 Å². The highest BCUT2D eigenvalue weighted by Crippen LogP contribution is 2.26. The van der Waals surface area contributed by atoms with Gasteiger partial charge in [-0.2, -0.15) is 0 Å². The van der Waals surface area contributed by atoms with Crippen LogP contribution in [0.2, 0.25) is 10.0 Å². The van der Waals surface area contributed by atoms with Gasteiger partial charge in [-0.1, -0.05) is 35.3 Å². The Morgan fingerprint density at radius 1 is 1.11 bits per heavy atom. The van der Waals surface area contributed by atoms with Crippen molar-refractivity contribution in [3.05, 3.63) is 52.3 Å². The van der Waals surface area contributed by atoms with Gasteiger partial charge in [0.1, 0.15) is 11.6 Å². The summed E-state index contributed by atoms with van der Waals surface area (Å²) in [5.41, 5.74) is 2.07. The Morgan fingerprint density at radius 2 is 1.94 bits per heavy atom. The molecule has 0 bridgehead atoms. The molecule has 1 heterocycles. The normalized spacial score (nSPS) is 11.1. The lowest BCUT2D eigenvalue weighted by Gasteiger charge is -1.96. The molecule has 3 aromatic rings. The summed E-state index contributed by atoms with van der Waals surface area (Å²) in [6, 6.07) is 10.1. The summed E-state index contributed by atoms with van der Waals surface area (Å²) in [5.74, 6) is 0.166. The lowest BCUT2D eigenvalue weighted by Crippen LogP contribution is -1.79. The fourth-order valence-electron chi connectivity index (χ4n) is 1.78. The van der Waals surface area contributed by atoms with Crippen molar-refractivity contribution in [3.63, 3.8) is 0 Å². The molecule has 0 aliphatic rings. The van der Waals surface area contributed by atoms with Crippen LogP contribution in [0.15, 0.2) is 36.4 Å². The van der Waals surface area contributed by atoms with E-state index in [1.54, 1.807) is 12.1 Å². The van der Waals surface area contributed by atoms with E-state index in [9.17, 15) is 4.39 Å². The van der Waals surface area contributed by atoms with Crippen molar-refractivity contribution in [1.82, 2.24) is 9.97 Å². The van der Waals surface area contributed by atoms with Crippen LogP contribution in [-0.4, -0.2) is 9.97 Å². The standard InChI is InChI=1S/C13H7Cl2FN2/c14-8-3-1-2-7(4-8)13-17-11-5-9(15)10(16)6-12(11)18-13/h1-6H,(H,17,18). The Kier molecular flexibility index (Phi) is 2.73. The Morgan fingerprint density at radius 3 is 2.72 bits per heavy atom. The number of aromatic amines is 1. The Balaban J connectivity index is 2.19. The predicted molar refractivity (Wildman–Crippen MR) is 71.5 cm³/mol. The molecule has 0 amide bonds. The highest BCUT2D eigenvalue weighted by Gasteiger charge is 2.09. The third-order valence-electron chi connectivity index (χ3n) is 2.62. The van der Waals surface area contributed by atoms with Gasteiger partial charge in [0, 0.05) is 16.7 Å². The van der Waals surface area contributed by atoms with Crippen molar-refractivity contribution in [1.29, 1.82) is 0 Å². The molecule has 18 heavy (non-hydrogen) atoms. The van der Waals surface area contributed by atoms with Gasteiger partial charge < -0.3 is 4.98 Å². The van der Waals surface area contributed by atoms with Crippen molar-refractivity contribution in [3.8, 4) is 11.4 Å². The van der Waals surface area contributed by atoms with Crippen LogP contribution in [0, 0.1) is 5.82 Å². The highest BCUT2D eigenvalue weighted by atomic mass is 35.5. The topological polar surface area (TPSA) is 28.7 Å². The zero-order chi connectivity index (χ0) is 12.7. The summed E-state index contributed by atoms with van der Waals surface area (Å²) in [6.45, 7) is 0. The number of aromatic nitrogens is 2. The third-order valence-corrected chi connectivity index (χ3v) is 3.15. The molecule has 0 fully saturated rings. The van der Waals surface area contributed by atoms with Gasteiger partial charge >= 0.3 is 0 Å². The van der Waals surface area contributed by atoms with Gasteiger partial charge in [0.2, 0.25) is 0 Å². The Hall–Kier alpha value is -1.58. The van der Waals surface area contributed by atoms with Gasteiger partial charge in [0.05, 0.1) is 16.1 Å². The van der Waals surface area contributed by atoms with Crippen molar-refractivity contribution < 1.29 is 4.39 Å². The number of nitrogens with zero attached hydrogens (tertiary/aromatic N) is 1. The van der Waals surface area contributed by atoms with E-state index in [1.807, 2.05) is 12.1 Å². The lowest BCUT2D eigenvalue weighted by molar-refractivity contribution is 0.630. The molecule has 0 spiro atoms. The minimum Gasteiger partial charge on any atom is -0.338 e. The molecule has 0 aliphatic carbocycles. The first-order valence-corrected chi connectivity index (χ1v) is 6.00. The van der Waals surface area contributed by atoms with E-state index in [2.05, 4.69) is 9.97 Å². The van der Waals surface area contributed by atoms with E-state index < -0.39 is 5.82 Å². The molecular formula is C13H7Cl2FN2. The van der Waals surface area contributed by atoms with Crippen molar-refractivity contribution in [2.24, 2.45) is 0 Å². The van der Waals surface area contributed by atoms with Gasteiger partial charge in [-0.05, 0) is 18.2 Å². The van der Waals surface area contributed by atoms with Crippen LogP contribution in [-0.2, 0) is 0 Å². The van der Waals surface area contributed by atoms with Crippen LogP contribution < -0.4 is 0 Å². The molecule has 2 nitrogen and oxygen atoms in total. The first-order chi connectivity index (χ1) is 8.63. The highest BCUT2D eigenvalue weighted by molar-refractivity contribution is 6.31. The van der Waals surface area contributed by atoms with Gasteiger partial charge in [0.25, 0.3) is 0 Å². The average Bonchev–Trinajstić information content (AvgIpc) is 2.73. The zero-order valence-electron chi connectivity index (χ0n) is 9.05. The van der Waals surface area contributed by atoms with Crippen molar-refractivity contribution >= 4 is 34.2 Å². The smallest absolute Gasteiger partial charge is 0.144 e. The quantitative estimate of drug-likeness (QED) is 0.689. The number of nitrogens with one attached hydrogen (secondary N) is 1. The maximum Gasteiger partial charge on any atom is 0.144 e. The molecule has 1 N–H and O–H groups in total. The number of hydrogen-bond donors (Lipinski definition) is 1. The van der Waals surface area contributed by atoms with Crippen LogP contribution >= 0.6 is 23.2 Å². The van der Waals surface area contributed by atoms with E-state index in [4.69, 9.17) is 23.2 Å². The van der Waals surface area contributed by atoms with E-state index in [0.29, 0.717) is 21.9 Å². The predicted octanol–water partition coefficient (Wildman–Crippen LogP) is 4.68. The second kappa shape index (κ2) is 4.26. The molecule has 0 aliphatic heterocycles. The SMILES string of the molecule is Fc1cc2[nH]c(-c3cccc(Cl)c3)nc2cc1Cl. The second-order valence-electron chi connectivity index (χ2n) is 3.88. The molecule has 3 rings (SSSR count).